The molecule has 0 unspecified atom stereocenters. The van der Waals surface area contributed by atoms with Gasteiger partial charge in [-0.25, -0.2) is 4.99 Å². The van der Waals surface area contributed by atoms with E-state index in [4.69, 9.17) is 0 Å². The van der Waals surface area contributed by atoms with Crippen molar-refractivity contribution in [1.82, 2.24) is 0 Å². The molecule has 0 saturated heterocycles. The van der Waals surface area contributed by atoms with Gasteiger partial charge in [-0.05, 0) is 18.2 Å². The highest BCUT2D eigenvalue weighted by atomic mass is 79.9. The van der Waals surface area contributed by atoms with E-state index < -0.39 is 0 Å². The fourth-order valence-electron chi connectivity index (χ4n) is 1.75. The Morgan fingerprint density at radius 3 is 2.62 bits per heavy atom. The van der Waals surface area contributed by atoms with E-state index in [0.717, 1.165) is 21.6 Å². The van der Waals surface area contributed by atoms with Crippen LogP contribution in [0.5, 0.6) is 0 Å². The lowest BCUT2D eigenvalue weighted by atomic mass is 10.1. The lowest BCUT2D eigenvalue weighted by Crippen LogP contribution is -2.11. The SMILES string of the molecule is Brc1ccc(C2=N[C@H]3C=CC=CC3=N2)cc1. The Morgan fingerprint density at radius 1 is 1.06 bits per heavy atom. The molecule has 1 aliphatic carbocycles. The summed E-state index contributed by atoms with van der Waals surface area (Å²) < 4.78 is 1.07. The van der Waals surface area contributed by atoms with Crippen LogP contribution in [0.25, 0.3) is 0 Å². The molecule has 1 heterocycles. The van der Waals surface area contributed by atoms with E-state index in [1.807, 2.05) is 42.5 Å². The highest BCUT2D eigenvalue weighted by Crippen LogP contribution is 2.18. The molecule has 78 valence electrons. The molecular formula is C13H9BrN2. The largest absolute Gasteiger partial charge is 0.252 e. The van der Waals surface area contributed by atoms with Crippen molar-refractivity contribution in [2.24, 2.45) is 9.98 Å². The fourth-order valence-corrected chi connectivity index (χ4v) is 2.02. The topological polar surface area (TPSA) is 24.7 Å². The minimum absolute atomic E-state index is 0.114. The first kappa shape index (κ1) is 9.73. The maximum atomic E-state index is 4.57. The average Bonchev–Trinajstić information content (AvgIpc) is 2.73. The summed E-state index contributed by atoms with van der Waals surface area (Å²) in [6, 6.07) is 8.18. The van der Waals surface area contributed by atoms with E-state index >= 15 is 0 Å². The van der Waals surface area contributed by atoms with Gasteiger partial charge in [-0.1, -0.05) is 46.3 Å². The molecule has 0 radical (unpaired) electrons. The molecule has 1 aromatic carbocycles. The fraction of sp³-hybridized carbons (Fsp3) is 0.0769. The predicted molar refractivity (Wildman–Crippen MR) is 70.2 cm³/mol. The van der Waals surface area contributed by atoms with Gasteiger partial charge in [-0.3, -0.25) is 4.99 Å². The Labute approximate surface area is 102 Å². The summed E-state index contributed by atoms with van der Waals surface area (Å²) in [5.74, 6) is 0.823. The van der Waals surface area contributed by atoms with Gasteiger partial charge < -0.3 is 0 Å². The summed E-state index contributed by atoms with van der Waals surface area (Å²) in [6.07, 6.45) is 8.08. The Morgan fingerprint density at radius 2 is 1.88 bits per heavy atom. The summed E-state index contributed by atoms with van der Waals surface area (Å²) >= 11 is 3.42. The molecule has 0 fully saturated rings. The highest BCUT2D eigenvalue weighted by molar-refractivity contribution is 9.10. The summed E-state index contributed by atoms with van der Waals surface area (Å²) in [6.45, 7) is 0. The zero-order chi connectivity index (χ0) is 11.0. The van der Waals surface area contributed by atoms with E-state index in [0.29, 0.717) is 0 Å². The van der Waals surface area contributed by atoms with Crippen LogP contribution in [-0.4, -0.2) is 17.6 Å². The third-order valence-electron chi connectivity index (χ3n) is 2.57. The normalized spacial score (nSPS) is 21.7. The van der Waals surface area contributed by atoms with Gasteiger partial charge in [0.2, 0.25) is 0 Å². The van der Waals surface area contributed by atoms with Crippen molar-refractivity contribution in [1.29, 1.82) is 0 Å². The maximum Gasteiger partial charge on any atom is 0.155 e. The second kappa shape index (κ2) is 3.83. The molecular weight excluding hydrogens is 264 g/mol. The van der Waals surface area contributed by atoms with E-state index in [9.17, 15) is 0 Å². The first-order valence-corrected chi connectivity index (χ1v) is 5.89. The third-order valence-corrected chi connectivity index (χ3v) is 3.10. The summed E-state index contributed by atoms with van der Waals surface area (Å²) in [4.78, 5) is 9.09. The standard InChI is InChI=1S/C13H9BrN2/c14-10-7-5-9(6-8-10)13-15-11-3-1-2-4-12(11)16-13/h1-8,11H/t11-/m0/s1. The first-order valence-electron chi connectivity index (χ1n) is 5.10. The Bertz CT molecular complexity index is 536. The Kier molecular flexibility index (Phi) is 2.33. The predicted octanol–water partition coefficient (Wildman–Crippen LogP) is 3.14. The van der Waals surface area contributed by atoms with Gasteiger partial charge in [-0.15, -0.1) is 0 Å². The summed E-state index contributed by atoms with van der Waals surface area (Å²) in [7, 11) is 0. The van der Waals surface area contributed by atoms with Gasteiger partial charge in [0.15, 0.2) is 5.84 Å². The molecule has 0 spiro atoms. The summed E-state index contributed by atoms with van der Waals surface area (Å²) in [5, 5.41) is 0. The highest BCUT2D eigenvalue weighted by Gasteiger charge is 2.20. The van der Waals surface area contributed by atoms with Crippen molar-refractivity contribution in [3.63, 3.8) is 0 Å². The number of hydrogen-bond acceptors (Lipinski definition) is 2. The number of allylic oxidation sites excluding steroid dienone is 2. The van der Waals surface area contributed by atoms with Crippen molar-refractivity contribution in [2.75, 3.05) is 0 Å². The molecule has 0 aromatic heterocycles. The number of hydrogen-bond donors (Lipinski definition) is 0. The van der Waals surface area contributed by atoms with Crippen molar-refractivity contribution >= 4 is 27.5 Å². The van der Waals surface area contributed by atoms with Crippen LogP contribution in [0.1, 0.15) is 5.56 Å². The Balaban J connectivity index is 1.98. The lowest BCUT2D eigenvalue weighted by Gasteiger charge is -2.02. The van der Waals surface area contributed by atoms with E-state index in [2.05, 4.69) is 32.0 Å². The van der Waals surface area contributed by atoms with E-state index in [1.165, 1.54) is 0 Å². The number of aliphatic imine (C=N–C) groups is 2. The zero-order valence-electron chi connectivity index (χ0n) is 8.47. The number of halogens is 1. The van der Waals surface area contributed by atoms with Crippen LogP contribution < -0.4 is 0 Å². The van der Waals surface area contributed by atoms with Gasteiger partial charge in [0.05, 0.1) is 5.71 Å². The van der Waals surface area contributed by atoms with Crippen LogP contribution >= 0.6 is 15.9 Å². The molecule has 1 aromatic rings. The molecule has 2 nitrogen and oxygen atoms in total. The van der Waals surface area contributed by atoms with Gasteiger partial charge in [0.1, 0.15) is 6.04 Å². The number of benzene rings is 1. The van der Waals surface area contributed by atoms with Crippen LogP contribution in [0.2, 0.25) is 0 Å². The average molecular weight is 273 g/mol. The second-order valence-corrected chi connectivity index (χ2v) is 4.60. The molecule has 2 aliphatic rings. The molecule has 1 aliphatic heterocycles. The first-order chi connectivity index (χ1) is 7.83. The van der Waals surface area contributed by atoms with Gasteiger partial charge >= 0.3 is 0 Å². The number of fused-ring (bicyclic) bond motifs is 1. The van der Waals surface area contributed by atoms with Crippen molar-refractivity contribution in [3.8, 4) is 0 Å². The van der Waals surface area contributed by atoms with Crippen LogP contribution in [0.4, 0.5) is 0 Å². The monoisotopic (exact) mass is 272 g/mol. The van der Waals surface area contributed by atoms with Crippen LogP contribution in [0.15, 0.2) is 63.0 Å². The maximum absolute atomic E-state index is 4.57. The second-order valence-electron chi connectivity index (χ2n) is 3.69. The molecule has 0 amide bonds. The zero-order valence-corrected chi connectivity index (χ0v) is 10.1. The minimum Gasteiger partial charge on any atom is -0.252 e. The number of nitrogens with zero attached hydrogens (tertiary/aromatic N) is 2. The van der Waals surface area contributed by atoms with Gasteiger partial charge in [-0.2, -0.15) is 0 Å². The molecule has 1 atom stereocenters. The van der Waals surface area contributed by atoms with E-state index in [1.54, 1.807) is 0 Å². The molecule has 0 N–H and O–H groups in total. The van der Waals surface area contributed by atoms with Crippen LogP contribution in [-0.2, 0) is 0 Å². The molecule has 3 heteroatoms. The quantitative estimate of drug-likeness (QED) is 0.751. The molecule has 16 heavy (non-hydrogen) atoms. The van der Waals surface area contributed by atoms with Crippen LogP contribution in [0, 0.1) is 0 Å². The lowest BCUT2D eigenvalue weighted by molar-refractivity contribution is 1.11. The summed E-state index contributed by atoms with van der Waals surface area (Å²) in [5.41, 5.74) is 2.09. The van der Waals surface area contributed by atoms with Gasteiger partial charge in [0.25, 0.3) is 0 Å². The Hall–Kier alpha value is -1.48. The molecule has 3 rings (SSSR count). The molecule has 0 saturated carbocycles. The third kappa shape index (κ3) is 1.67. The van der Waals surface area contributed by atoms with Gasteiger partial charge in [0, 0.05) is 10.0 Å². The smallest absolute Gasteiger partial charge is 0.155 e. The van der Waals surface area contributed by atoms with Crippen molar-refractivity contribution in [2.45, 2.75) is 6.04 Å². The van der Waals surface area contributed by atoms with Crippen LogP contribution in [0.3, 0.4) is 0 Å². The number of amidine groups is 1. The van der Waals surface area contributed by atoms with E-state index in [-0.39, 0.29) is 6.04 Å². The number of rotatable bonds is 1. The van der Waals surface area contributed by atoms with Crippen molar-refractivity contribution < 1.29 is 0 Å². The minimum atomic E-state index is 0.114. The van der Waals surface area contributed by atoms with Crippen molar-refractivity contribution in [3.05, 3.63) is 58.6 Å². The molecule has 0 bridgehead atoms.